The van der Waals surface area contributed by atoms with Crippen LogP contribution in [-0.4, -0.2) is 23.6 Å². The van der Waals surface area contributed by atoms with Crippen LogP contribution in [0.5, 0.6) is 5.75 Å². The van der Waals surface area contributed by atoms with Gasteiger partial charge in [-0.25, -0.2) is 0 Å². The van der Waals surface area contributed by atoms with Gasteiger partial charge in [0.2, 0.25) is 5.82 Å². The number of nitriles is 1. The summed E-state index contributed by atoms with van der Waals surface area (Å²) in [4.78, 5) is 9.71. The lowest BCUT2D eigenvalue weighted by Crippen LogP contribution is -2.42. The highest BCUT2D eigenvalue weighted by atomic mass is 19.1. The molecule has 1 N–H and O–H groups in total. The second-order valence-corrected chi connectivity index (χ2v) is 4.84. The molecule has 0 spiro atoms. The van der Waals surface area contributed by atoms with Crippen LogP contribution in [0.4, 0.5) is 10.1 Å². The molecule has 1 atom stereocenters. The van der Waals surface area contributed by atoms with Crippen LogP contribution in [0.25, 0.3) is 0 Å². The van der Waals surface area contributed by atoms with Crippen LogP contribution in [0, 0.1) is 27.3 Å². The first-order valence-electron chi connectivity index (χ1n) is 6.65. The molecule has 7 heteroatoms. The molecule has 0 aliphatic heterocycles. The van der Waals surface area contributed by atoms with Crippen molar-refractivity contribution in [1.82, 2.24) is 5.32 Å². The fourth-order valence-corrected chi connectivity index (χ4v) is 1.68. The minimum Gasteiger partial charge on any atom is -0.493 e. The summed E-state index contributed by atoms with van der Waals surface area (Å²) in [6, 6.07) is 5.55. The number of nitrogens with zero attached hydrogens (tertiary/aromatic N) is 2. The molecule has 1 aromatic rings. The van der Waals surface area contributed by atoms with Crippen molar-refractivity contribution in [3.8, 4) is 11.8 Å². The molecule has 0 fully saturated rings. The Morgan fingerprint density at radius 1 is 1.57 bits per heavy atom. The van der Waals surface area contributed by atoms with E-state index < -0.39 is 22.0 Å². The van der Waals surface area contributed by atoms with Crippen molar-refractivity contribution in [1.29, 1.82) is 5.26 Å². The van der Waals surface area contributed by atoms with E-state index in [0.717, 1.165) is 25.1 Å². The van der Waals surface area contributed by atoms with Gasteiger partial charge in [-0.3, -0.25) is 15.4 Å². The van der Waals surface area contributed by atoms with Crippen molar-refractivity contribution in [2.45, 2.75) is 32.2 Å². The Bertz CT molecular complexity index is 545. The van der Waals surface area contributed by atoms with Gasteiger partial charge in [0.1, 0.15) is 11.3 Å². The van der Waals surface area contributed by atoms with Crippen LogP contribution >= 0.6 is 0 Å². The van der Waals surface area contributed by atoms with Crippen molar-refractivity contribution in [2.75, 3.05) is 13.2 Å². The third-order valence-corrected chi connectivity index (χ3v) is 3.00. The van der Waals surface area contributed by atoms with Crippen molar-refractivity contribution in [3.63, 3.8) is 0 Å². The standard InChI is InChI=1S/C14H18FN3O3/c1-3-7-17-14(2,10-16)6-8-21-11-4-5-13(18(19)20)12(15)9-11/h4-5,9,17H,3,6-8H2,1-2H3. The highest BCUT2D eigenvalue weighted by molar-refractivity contribution is 5.37. The number of hydrogen-bond acceptors (Lipinski definition) is 5. The molecule has 0 heterocycles. The Morgan fingerprint density at radius 3 is 2.81 bits per heavy atom. The predicted molar refractivity (Wildman–Crippen MR) is 75.5 cm³/mol. The second-order valence-electron chi connectivity index (χ2n) is 4.84. The van der Waals surface area contributed by atoms with E-state index in [-0.39, 0.29) is 12.4 Å². The van der Waals surface area contributed by atoms with Gasteiger partial charge in [0.15, 0.2) is 0 Å². The van der Waals surface area contributed by atoms with Crippen LogP contribution in [0.3, 0.4) is 0 Å². The van der Waals surface area contributed by atoms with Gasteiger partial charge >= 0.3 is 5.69 Å². The minimum atomic E-state index is -0.940. The lowest BCUT2D eigenvalue weighted by molar-refractivity contribution is -0.387. The molecule has 0 radical (unpaired) electrons. The van der Waals surface area contributed by atoms with Crippen molar-refractivity contribution in [2.24, 2.45) is 0 Å². The first-order chi connectivity index (χ1) is 9.91. The molecule has 114 valence electrons. The Morgan fingerprint density at radius 2 is 2.29 bits per heavy atom. The van der Waals surface area contributed by atoms with Crippen LogP contribution in [0.1, 0.15) is 26.7 Å². The number of nitro benzene ring substituents is 1. The first-order valence-corrected chi connectivity index (χ1v) is 6.65. The molecule has 6 nitrogen and oxygen atoms in total. The van der Waals surface area contributed by atoms with Gasteiger partial charge in [0, 0.05) is 18.6 Å². The molecule has 21 heavy (non-hydrogen) atoms. The molecule has 0 aliphatic rings. The summed E-state index contributed by atoms with van der Waals surface area (Å²) in [5.74, 6) is -0.737. The summed E-state index contributed by atoms with van der Waals surface area (Å²) in [5.41, 5.74) is -1.30. The fraction of sp³-hybridized carbons (Fsp3) is 0.500. The molecule has 0 aliphatic carbocycles. The normalized spacial score (nSPS) is 13.2. The van der Waals surface area contributed by atoms with E-state index >= 15 is 0 Å². The maximum atomic E-state index is 13.4. The van der Waals surface area contributed by atoms with E-state index in [1.54, 1.807) is 6.92 Å². The van der Waals surface area contributed by atoms with Crippen LogP contribution in [-0.2, 0) is 0 Å². The Hall–Kier alpha value is -2.20. The van der Waals surface area contributed by atoms with Crippen molar-refractivity contribution < 1.29 is 14.1 Å². The zero-order chi connectivity index (χ0) is 15.9. The largest absolute Gasteiger partial charge is 0.493 e. The van der Waals surface area contributed by atoms with E-state index in [1.165, 1.54) is 6.07 Å². The quantitative estimate of drug-likeness (QED) is 0.588. The van der Waals surface area contributed by atoms with Gasteiger partial charge in [-0.1, -0.05) is 6.92 Å². The highest BCUT2D eigenvalue weighted by Gasteiger charge is 2.22. The van der Waals surface area contributed by atoms with Crippen LogP contribution in [0.15, 0.2) is 18.2 Å². The lowest BCUT2D eigenvalue weighted by atomic mass is 10.0. The third kappa shape index (κ3) is 5.00. The van der Waals surface area contributed by atoms with Gasteiger partial charge in [-0.2, -0.15) is 9.65 Å². The van der Waals surface area contributed by atoms with Crippen molar-refractivity contribution >= 4 is 5.69 Å². The predicted octanol–water partition coefficient (Wildman–Crippen LogP) is 2.78. The van der Waals surface area contributed by atoms with Gasteiger partial charge < -0.3 is 4.74 Å². The number of ether oxygens (including phenoxy) is 1. The summed E-state index contributed by atoms with van der Waals surface area (Å²) in [5, 5.41) is 22.8. The van der Waals surface area contributed by atoms with E-state index in [2.05, 4.69) is 11.4 Å². The molecule has 0 saturated carbocycles. The summed E-state index contributed by atoms with van der Waals surface area (Å²) < 4.78 is 18.8. The molecule has 0 aromatic heterocycles. The maximum absolute atomic E-state index is 13.4. The Balaban J connectivity index is 2.58. The average Bonchev–Trinajstić information content (AvgIpc) is 2.45. The van der Waals surface area contributed by atoms with Gasteiger partial charge in [0.05, 0.1) is 17.6 Å². The summed E-state index contributed by atoms with van der Waals surface area (Å²) in [6.45, 7) is 4.69. The van der Waals surface area contributed by atoms with E-state index in [1.807, 2.05) is 6.92 Å². The highest BCUT2D eigenvalue weighted by Crippen LogP contribution is 2.22. The van der Waals surface area contributed by atoms with E-state index in [4.69, 9.17) is 10.00 Å². The average molecular weight is 295 g/mol. The molecule has 1 aromatic carbocycles. The van der Waals surface area contributed by atoms with E-state index in [0.29, 0.717) is 6.42 Å². The number of rotatable bonds is 8. The summed E-state index contributed by atoms with van der Waals surface area (Å²) >= 11 is 0. The maximum Gasteiger partial charge on any atom is 0.305 e. The van der Waals surface area contributed by atoms with Gasteiger partial charge in [-0.15, -0.1) is 0 Å². The molecule has 0 bridgehead atoms. The summed E-state index contributed by atoms with van der Waals surface area (Å²) in [6.07, 6.45) is 1.33. The Kier molecular flexibility index (Phi) is 6.06. The number of halogens is 1. The number of nitro groups is 1. The van der Waals surface area contributed by atoms with Crippen molar-refractivity contribution in [3.05, 3.63) is 34.1 Å². The molecular formula is C14H18FN3O3. The Labute approximate surface area is 122 Å². The molecular weight excluding hydrogens is 277 g/mol. The number of benzene rings is 1. The first kappa shape index (κ1) is 16.9. The van der Waals surface area contributed by atoms with Crippen LogP contribution in [0.2, 0.25) is 0 Å². The lowest BCUT2D eigenvalue weighted by Gasteiger charge is -2.23. The third-order valence-electron chi connectivity index (χ3n) is 3.00. The van der Waals surface area contributed by atoms with Gasteiger partial charge in [-0.05, 0) is 26.0 Å². The number of nitrogens with one attached hydrogen (secondary N) is 1. The monoisotopic (exact) mass is 295 g/mol. The second kappa shape index (κ2) is 7.55. The van der Waals surface area contributed by atoms with Gasteiger partial charge in [0.25, 0.3) is 0 Å². The SMILES string of the molecule is CCCNC(C)(C#N)CCOc1ccc([N+](=O)[O-])c(F)c1. The molecule has 0 saturated heterocycles. The number of hydrogen-bond donors (Lipinski definition) is 1. The van der Waals surface area contributed by atoms with E-state index in [9.17, 15) is 14.5 Å². The summed E-state index contributed by atoms with van der Waals surface area (Å²) in [7, 11) is 0. The van der Waals surface area contributed by atoms with Crippen LogP contribution < -0.4 is 10.1 Å². The topological polar surface area (TPSA) is 88.2 Å². The smallest absolute Gasteiger partial charge is 0.305 e. The minimum absolute atomic E-state index is 0.203. The molecule has 1 rings (SSSR count). The zero-order valence-corrected chi connectivity index (χ0v) is 12.1. The fourth-order valence-electron chi connectivity index (χ4n) is 1.68. The molecule has 1 unspecified atom stereocenters. The zero-order valence-electron chi connectivity index (χ0n) is 12.1. The molecule has 0 amide bonds.